The van der Waals surface area contributed by atoms with E-state index in [2.05, 4.69) is 41.6 Å². The number of hydrogen-bond acceptors (Lipinski definition) is 2. The van der Waals surface area contributed by atoms with Crippen LogP contribution < -0.4 is 4.74 Å². The molecule has 0 aliphatic heterocycles. The molecular formula is C7H4Br2F3NO. The quantitative estimate of drug-likeness (QED) is 0.779. The molecule has 0 bridgehead atoms. The topological polar surface area (TPSA) is 22.1 Å². The number of ether oxygens (including phenoxy) is 1. The van der Waals surface area contributed by atoms with Crippen molar-refractivity contribution in [1.29, 1.82) is 0 Å². The molecule has 0 saturated carbocycles. The van der Waals surface area contributed by atoms with Crippen molar-refractivity contribution in [1.82, 2.24) is 4.98 Å². The van der Waals surface area contributed by atoms with Gasteiger partial charge in [-0.3, -0.25) is 4.98 Å². The molecule has 0 aliphatic rings. The van der Waals surface area contributed by atoms with Gasteiger partial charge in [0.2, 0.25) is 0 Å². The fourth-order valence-electron chi connectivity index (χ4n) is 0.770. The Morgan fingerprint density at radius 2 is 1.93 bits per heavy atom. The largest absolute Gasteiger partial charge is 0.573 e. The molecule has 0 unspecified atom stereocenters. The van der Waals surface area contributed by atoms with Crippen molar-refractivity contribution >= 4 is 31.9 Å². The molecule has 2 nitrogen and oxygen atoms in total. The average Bonchev–Trinajstić information content (AvgIpc) is 2.04. The highest BCUT2D eigenvalue weighted by Crippen LogP contribution is 2.36. The van der Waals surface area contributed by atoms with Crippen LogP contribution in [0.5, 0.6) is 5.75 Å². The molecule has 1 rings (SSSR count). The van der Waals surface area contributed by atoms with Crippen LogP contribution in [-0.4, -0.2) is 11.3 Å². The highest BCUT2D eigenvalue weighted by Gasteiger charge is 2.33. The van der Waals surface area contributed by atoms with E-state index in [9.17, 15) is 13.2 Å². The fraction of sp³-hybridized carbons (Fsp3) is 0.286. The summed E-state index contributed by atoms with van der Waals surface area (Å²) in [5.41, 5.74) is 0.164. The van der Waals surface area contributed by atoms with Crippen LogP contribution in [-0.2, 0) is 0 Å². The van der Waals surface area contributed by atoms with Crippen LogP contribution >= 0.6 is 31.9 Å². The molecule has 0 radical (unpaired) electrons. The van der Waals surface area contributed by atoms with Crippen molar-refractivity contribution in [3.63, 3.8) is 0 Å². The number of aryl methyl sites for hydroxylation is 1. The van der Waals surface area contributed by atoms with Crippen molar-refractivity contribution in [3.05, 3.63) is 20.8 Å². The van der Waals surface area contributed by atoms with Crippen LogP contribution in [0.3, 0.4) is 0 Å². The second-order valence-corrected chi connectivity index (χ2v) is 4.03. The maximum Gasteiger partial charge on any atom is 0.573 e. The van der Waals surface area contributed by atoms with Crippen molar-refractivity contribution in [2.75, 3.05) is 0 Å². The van der Waals surface area contributed by atoms with E-state index >= 15 is 0 Å². The summed E-state index contributed by atoms with van der Waals surface area (Å²) in [5.74, 6) is -0.327. The second-order valence-electron chi connectivity index (χ2n) is 2.38. The third-order valence-electron chi connectivity index (χ3n) is 1.33. The van der Waals surface area contributed by atoms with Gasteiger partial charge in [-0.25, -0.2) is 0 Å². The van der Waals surface area contributed by atoms with Gasteiger partial charge < -0.3 is 4.74 Å². The summed E-state index contributed by atoms with van der Waals surface area (Å²) in [5, 5.41) is 0. The number of pyridine rings is 1. The Hall–Kier alpha value is -0.300. The van der Waals surface area contributed by atoms with E-state index in [1.54, 1.807) is 0 Å². The number of alkyl halides is 3. The van der Waals surface area contributed by atoms with E-state index in [-0.39, 0.29) is 15.9 Å². The predicted octanol–water partition coefficient (Wildman–Crippen LogP) is 3.81. The Morgan fingerprint density at radius 1 is 1.36 bits per heavy atom. The zero-order valence-corrected chi connectivity index (χ0v) is 9.99. The molecule has 0 fully saturated rings. The number of halogens is 5. The van der Waals surface area contributed by atoms with E-state index in [1.807, 2.05) is 0 Å². The van der Waals surface area contributed by atoms with Gasteiger partial charge in [-0.15, -0.1) is 13.2 Å². The molecule has 7 heteroatoms. The zero-order chi connectivity index (χ0) is 10.9. The standard InChI is InChI=1S/C7H4Br2F3NO/c1-3-6(14-7(10,11)12)5(9)4(8)2-13-3/h2H,1H3. The van der Waals surface area contributed by atoms with Gasteiger partial charge in [-0.2, -0.15) is 0 Å². The molecule has 0 amide bonds. The Bertz CT molecular complexity index is 354. The molecule has 1 heterocycles. The van der Waals surface area contributed by atoms with Crippen molar-refractivity contribution < 1.29 is 17.9 Å². The second kappa shape index (κ2) is 4.06. The molecule has 78 valence electrons. The monoisotopic (exact) mass is 333 g/mol. The van der Waals surface area contributed by atoms with Crippen LogP contribution in [0.15, 0.2) is 15.1 Å². The van der Waals surface area contributed by atoms with Crippen LogP contribution in [0.2, 0.25) is 0 Å². The normalized spacial score (nSPS) is 11.6. The first kappa shape index (κ1) is 11.8. The lowest BCUT2D eigenvalue weighted by Gasteiger charge is -2.12. The van der Waals surface area contributed by atoms with Crippen molar-refractivity contribution in [2.24, 2.45) is 0 Å². The van der Waals surface area contributed by atoms with E-state index < -0.39 is 6.36 Å². The van der Waals surface area contributed by atoms with Gasteiger partial charge in [-0.05, 0) is 38.8 Å². The molecule has 0 saturated heterocycles. The summed E-state index contributed by atoms with van der Waals surface area (Å²) >= 11 is 6.00. The number of rotatable bonds is 1. The van der Waals surface area contributed by atoms with Gasteiger partial charge in [0.25, 0.3) is 0 Å². The summed E-state index contributed by atoms with van der Waals surface area (Å²) in [6.07, 6.45) is -3.32. The van der Waals surface area contributed by atoms with E-state index in [0.29, 0.717) is 4.47 Å². The molecule has 0 atom stereocenters. The third kappa shape index (κ3) is 2.84. The first-order valence-electron chi connectivity index (χ1n) is 3.37. The highest BCUT2D eigenvalue weighted by molar-refractivity contribution is 9.13. The minimum atomic E-state index is -4.71. The van der Waals surface area contributed by atoms with Crippen LogP contribution in [0.1, 0.15) is 5.69 Å². The summed E-state index contributed by atoms with van der Waals surface area (Å²) in [6, 6.07) is 0. The molecule has 0 spiro atoms. The van der Waals surface area contributed by atoms with Gasteiger partial charge in [-0.1, -0.05) is 0 Å². The van der Waals surface area contributed by atoms with Gasteiger partial charge in [0, 0.05) is 6.20 Å². The smallest absolute Gasteiger partial charge is 0.403 e. The van der Waals surface area contributed by atoms with Crippen molar-refractivity contribution in [2.45, 2.75) is 13.3 Å². The van der Waals surface area contributed by atoms with Gasteiger partial charge in [0.1, 0.15) is 0 Å². The molecule has 14 heavy (non-hydrogen) atoms. The summed E-state index contributed by atoms with van der Waals surface area (Å²) in [6.45, 7) is 1.43. The average molecular weight is 335 g/mol. The Kier molecular flexibility index (Phi) is 3.41. The van der Waals surface area contributed by atoms with Crippen LogP contribution in [0, 0.1) is 6.92 Å². The van der Waals surface area contributed by atoms with Gasteiger partial charge in [0.15, 0.2) is 5.75 Å². The number of nitrogens with zero attached hydrogens (tertiary/aromatic N) is 1. The minimum absolute atomic E-state index is 0.164. The molecular weight excluding hydrogens is 331 g/mol. The SMILES string of the molecule is Cc1ncc(Br)c(Br)c1OC(F)(F)F. The maximum atomic E-state index is 11.9. The summed E-state index contributed by atoms with van der Waals surface area (Å²) in [7, 11) is 0. The molecule has 1 aromatic rings. The lowest BCUT2D eigenvalue weighted by Crippen LogP contribution is -2.18. The molecule has 1 aromatic heterocycles. The first-order chi connectivity index (χ1) is 6.31. The van der Waals surface area contributed by atoms with E-state index in [0.717, 1.165) is 0 Å². The highest BCUT2D eigenvalue weighted by atomic mass is 79.9. The minimum Gasteiger partial charge on any atom is -0.403 e. The summed E-state index contributed by atoms with van der Waals surface area (Å²) < 4.78 is 40.2. The number of aromatic nitrogens is 1. The molecule has 0 N–H and O–H groups in total. The Balaban J connectivity index is 3.13. The predicted molar refractivity (Wildman–Crippen MR) is 51.1 cm³/mol. The van der Waals surface area contributed by atoms with E-state index in [4.69, 9.17) is 0 Å². The van der Waals surface area contributed by atoms with Gasteiger partial charge >= 0.3 is 6.36 Å². The summed E-state index contributed by atoms with van der Waals surface area (Å²) in [4.78, 5) is 3.72. The number of hydrogen-bond donors (Lipinski definition) is 0. The lowest BCUT2D eigenvalue weighted by molar-refractivity contribution is -0.275. The Labute approximate surface area is 94.7 Å². The first-order valence-corrected chi connectivity index (χ1v) is 4.96. The van der Waals surface area contributed by atoms with Gasteiger partial charge in [0.05, 0.1) is 14.6 Å². The van der Waals surface area contributed by atoms with Crippen LogP contribution in [0.4, 0.5) is 13.2 Å². The zero-order valence-electron chi connectivity index (χ0n) is 6.82. The molecule has 0 aliphatic carbocycles. The third-order valence-corrected chi connectivity index (χ3v) is 3.25. The molecule has 0 aromatic carbocycles. The van der Waals surface area contributed by atoms with Crippen LogP contribution in [0.25, 0.3) is 0 Å². The maximum absolute atomic E-state index is 11.9. The lowest BCUT2D eigenvalue weighted by atomic mass is 10.3. The van der Waals surface area contributed by atoms with Crippen molar-refractivity contribution in [3.8, 4) is 5.75 Å². The Morgan fingerprint density at radius 3 is 2.43 bits per heavy atom. The van der Waals surface area contributed by atoms with E-state index in [1.165, 1.54) is 13.1 Å². The fourth-order valence-corrected chi connectivity index (χ4v) is 1.52.